The molecule has 108 valence electrons. The first-order valence-corrected chi connectivity index (χ1v) is 7.64. The Bertz CT molecular complexity index is 365. The van der Waals surface area contributed by atoms with E-state index in [-0.39, 0.29) is 24.0 Å². The quantitative estimate of drug-likeness (QED) is 0.338. The first-order chi connectivity index (χ1) is 8.76. The lowest BCUT2D eigenvalue weighted by atomic mass is 10.1. The van der Waals surface area contributed by atoms with Crippen LogP contribution in [0.25, 0.3) is 0 Å². The number of guanidine groups is 1. The third-order valence-corrected chi connectivity index (χ3v) is 3.32. The Labute approximate surface area is 138 Å². The minimum absolute atomic E-state index is 0. The molecule has 0 aliphatic rings. The van der Waals surface area contributed by atoms with Gasteiger partial charge in [0, 0.05) is 20.1 Å². The molecule has 0 aliphatic carbocycles. The van der Waals surface area contributed by atoms with E-state index in [1.54, 1.807) is 7.05 Å². The molecule has 0 atom stereocenters. The molecule has 0 unspecified atom stereocenters. The van der Waals surface area contributed by atoms with Crippen LogP contribution in [0, 0.1) is 6.92 Å². The monoisotopic (exact) mass is 393 g/mol. The molecule has 0 saturated heterocycles. The lowest BCUT2D eigenvalue weighted by Gasteiger charge is -2.11. The van der Waals surface area contributed by atoms with Gasteiger partial charge in [-0.2, -0.15) is 11.8 Å². The molecule has 0 heterocycles. The SMILES string of the molecule is CN=C(NCCCSC)NCc1ccc(C)cc1.I. The van der Waals surface area contributed by atoms with Crippen LogP contribution in [-0.2, 0) is 6.54 Å². The summed E-state index contributed by atoms with van der Waals surface area (Å²) >= 11 is 1.87. The molecule has 0 saturated carbocycles. The number of aliphatic imine (C=N–C) groups is 1. The molecular formula is C14H24IN3S. The normalized spacial score (nSPS) is 10.8. The average molecular weight is 393 g/mol. The van der Waals surface area contributed by atoms with E-state index >= 15 is 0 Å². The van der Waals surface area contributed by atoms with Crippen molar-refractivity contribution in [2.45, 2.75) is 19.9 Å². The molecular weight excluding hydrogens is 369 g/mol. The van der Waals surface area contributed by atoms with Gasteiger partial charge in [-0.3, -0.25) is 4.99 Å². The number of rotatable bonds is 6. The summed E-state index contributed by atoms with van der Waals surface area (Å²) in [6.45, 7) is 3.88. The van der Waals surface area contributed by atoms with Gasteiger partial charge in [0.05, 0.1) is 0 Å². The van der Waals surface area contributed by atoms with Gasteiger partial charge in [-0.1, -0.05) is 29.8 Å². The molecule has 1 aromatic carbocycles. The van der Waals surface area contributed by atoms with Gasteiger partial charge in [-0.05, 0) is 30.9 Å². The Hall–Kier alpha value is -0.430. The summed E-state index contributed by atoms with van der Waals surface area (Å²) in [6, 6.07) is 8.55. The molecule has 0 fully saturated rings. The summed E-state index contributed by atoms with van der Waals surface area (Å²) < 4.78 is 0. The Morgan fingerprint density at radius 2 is 1.89 bits per heavy atom. The zero-order valence-corrected chi connectivity index (χ0v) is 15.0. The van der Waals surface area contributed by atoms with Crippen LogP contribution in [-0.4, -0.2) is 31.6 Å². The Kier molecular flexibility index (Phi) is 11.1. The van der Waals surface area contributed by atoms with Gasteiger partial charge >= 0.3 is 0 Å². The topological polar surface area (TPSA) is 36.4 Å². The largest absolute Gasteiger partial charge is 0.356 e. The van der Waals surface area contributed by atoms with Crippen molar-refractivity contribution in [1.29, 1.82) is 0 Å². The summed E-state index contributed by atoms with van der Waals surface area (Å²) in [5, 5.41) is 6.63. The number of hydrogen-bond acceptors (Lipinski definition) is 2. The molecule has 0 spiro atoms. The van der Waals surface area contributed by atoms with Crippen LogP contribution in [0.3, 0.4) is 0 Å². The van der Waals surface area contributed by atoms with Gasteiger partial charge in [-0.25, -0.2) is 0 Å². The van der Waals surface area contributed by atoms with Crippen molar-refractivity contribution in [3.05, 3.63) is 35.4 Å². The predicted molar refractivity (Wildman–Crippen MR) is 97.8 cm³/mol. The molecule has 0 bridgehead atoms. The summed E-state index contributed by atoms with van der Waals surface area (Å²) in [6.07, 6.45) is 3.29. The lowest BCUT2D eigenvalue weighted by Crippen LogP contribution is -2.37. The van der Waals surface area contributed by atoms with Gasteiger partial charge in [0.2, 0.25) is 0 Å². The Morgan fingerprint density at radius 1 is 1.21 bits per heavy atom. The van der Waals surface area contributed by atoms with Crippen LogP contribution in [0.1, 0.15) is 17.5 Å². The van der Waals surface area contributed by atoms with Crippen LogP contribution in [0.2, 0.25) is 0 Å². The van der Waals surface area contributed by atoms with E-state index in [0.717, 1.165) is 25.5 Å². The van der Waals surface area contributed by atoms with E-state index < -0.39 is 0 Å². The van der Waals surface area contributed by atoms with Crippen molar-refractivity contribution in [2.75, 3.05) is 25.6 Å². The highest BCUT2D eigenvalue weighted by molar-refractivity contribution is 14.0. The maximum absolute atomic E-state index is 4.21. The average Bonchev–Trinajstić information content (AvgIpc) is 2.40. The Morgan fingerprint density at radius 3 is 2.47 bits per heavy atom. The van der Waals surface area contributed by atoms with Crippen molar-refractivity contribution in [3.8, 4) is 0 Å². The van der Waals surface area contributed by atoms with Gasteiger partial charge in [-0.15, -0.1) is 24.0 Å². The molecule has 1 rings (SSSR count). The number of thioether (sulfide) groups is 1. The minimum atomic E-state index is 0. The summed E-state index contributed by atoms with van der Waals surface area (Å²) in [4.78, 5) is 4.21. The number of nitrogens with one attached hydrogen (secondary N) is 2. The number of hydrogen-bond donors (Lipinski definition) is 2. The highest BCUT2D eigenvalue weighted by Crippen LogP contribution is 2.02. The van der Waals surface area contributed by atoms with Crippen LogP contribution >= 0.6 is 35.7 Å². The number of aryl methyl sites for hydroxylation is 1. The molecule has 0 radical (unpaired) electrons. The third-order valence-electron chi connectivity index (χ3n) is 2.62. The molecule has 2 N–H and O–H groups in total. The van der Waals surface area contributed by atoms with Crippen molar-refractivity contribution < 1.29 is 0 Å². The summed E-state index contributed by atoms with van der Waals surface area (Å²) in [5.74, 6) is 2.05. The second kappa shape index (κ2) is 11.4. The van der Waals surface area contributed by atoms with Crippen molar-refractivity contribution in [2.24, 2.45) is 4.99 Å². The van der Waals surface area contributed by atoms with Gasteiger partial charge in [0.25, 0.3) is 0 Å². The summed E-state index contributed by atoms with van der Waals surface area (Å²) in [7, 11) is 1.80. The number of nitrogens with zero attached hydrogens (tertiary/aromatic N) is 1. The minimum Gasteiger partial charge on any atom is -0.356 e. The zero-order chi connectivity index (χ0) is 13.2. The van der Waals surface area contributed by atoms with E-state index in [1.807, 2.05) is 11.8 Å². The lowest BCUT2D eigenvalue weighted by molar-refractivity contribution is 0.786. The smallest absolute Gasteiger partial charge is 0.191 e. The first-order valence-electron chi connectivity index (χ1n) is 6.25. The standard InChI is InChI=1S/C14H23N3S.HI/c1-12-5-7-13(8-6-12)11-17-14(15-2)16-9-4-10-18-3;/h5-8H,4,9-11H2,1-3H3,(H2,15,16,17);1H. The van der Waals surface area contributed by atoms with Crippen LogP contribution in [0.4, 0.5) is 0 Å². The molecule has 5 heteroatoms. The van der Waals surface area contributed by atoms with Crippen LogP contribution in [0.5, 0.6) is 0 Å². The molecule has 19 heavy (non-hydrogen) atoms. The van der Waals surface area contributed by atoms with E-state index in [1.165, 1.54) is 16.9 Å². The zero-order valence-electron chi connectivity index (χ0n) is 11.9. The fourth-order valence-corrected chi connectivity index (χ4v) is 1.97. The predicted octanol–water partition coefficient (Wildman–Crippen LogP) is 3.03. The van der Waals surface area contributed by atoms with E-state index in [9.17, 15) is 0 Å². The fourth-order valence-electron chi connectivity index (χ4n) is 1.54. The maximum Gasteiger partial charge on any atom is 0.191 e. The highest BCUT2D eigenvalue weighted by Gasteiger charge is 1.97. The van der Waals surface area contributed by atoms with Gasteiger partial charge in [0.15, 0.2) is 5.96 Å². The van der Waals surface area contributed by atoms with Crippen molar-refractivity contribution >= 4 is 41.7 Å². The van der Waals surface area contributed by atoms with E-state index in [0.29, 0.717) is 0 Å². The molecule has 0 aromatic heterocycles. The second-order valence-corrected chi connectivity index (χ2v) is 5.17. The summed E-state index contributed by atoms with van der Waals surface area (Å²) in [5.41, 5.74) is 2.56. The first kappa shape index (κ1) is 18.6. The molecule has 0 aliphatic heterocycles. The molecule has 0 amide bonds. The third kappa shape index (κ3) is 8.36. The van der Waals surface area contributed by atoms with Crippen LogP contribution < -0.4 is 10.6 Å². The van der Waals surface area contributed by atoms with E-state index in [2.05, 4.69) is 53.1 Å². The Balaban J connectivity index is 0.00000324. The fraction of sp³-hybridized carbons (Fsp3) is 0.500. The second-order valence-electron chi connectivity index (χ2n) is 4.18. The molecule has 1 aromatic rings. The van der Waals surface area contributed by atoms with Crippen LogP contribution in [0.15, 0.2) is 29.3 Å². The van der Waals surface area contributed by atoms with Gasteiger partial charge in [0.1, 0.15) is 0 Å². The number of halogens is 1. The maximum atomic E-state index is 4.21. The highest BCUT2D eigenvalue weighted by atomic mass is 127. The van der Waals surface area contributed by atoms with Crippen molar-refractivity contribution in [3.63, 3.8) is 0 Å². The van der Waals surface area contributed by atoms with Gasteiger partial charge < -0.3 is 10.6 Å². The van der Waals surface area contributed by atoms with Crippen molar-refractivity contribution in [1.82, 2.24) is 10.6 Å². The van der Waals surface area contributed by atoms with E-state index in [4.69, 9.17) is 0 Å². The number of benzene rings is 1. The molecule has 3 nitrogen and oxygen atoms in total.